The standard InChI is InChI=1S/C25H20O5/c1-16-7-5-6-10-19(16)25(27)20(13-17-8-3-2-4-9-17)23(24(26)30-25)18-11-12-21-22(14-18)29-15-28-21/h2-12,14,27H,13,15H2,1H3. The maximum Gasteiger partial charge on any atom is 0.342 e. The fourth-order valence-corrected chi connectivity index (χ4v) is 4.06. The smallest absolute Gasteiger partial charge is 0.342 e. The fourth-order valence-electron chi connectivity index (χ4n) is 4.06. The van der Waals surface area contributed by atoms with Gasteiger partial charge in [-0.05, 0) is 35.7 Å². The Morgan fingerprint density at radius 2 is 1.67 bits per heavy atom. The number of carbonyl (C=O) groups is 1. The molecule has 5 rings (SSSR count). The lowest BCUT2D eigenvalue weighted by Gasteiger charge is -2.27. The highest BCUT2D eigenvalue weighted by molar-refractivity contribution is 6.20. The summed E-state index contributed by atoms with van der Waals surface area (Å²) in [5.74, 6) is -1.21. The number of hydrogen-bond donors (Lipinski definition) is 1. The molecule has 0 amide bonds. The summed E-state index contributed by atoms with van der Waals surface area (Å²) in [5.41, 5.74) is 3.84. The molecule has 2 aliphatic heterocycles. The Morgan fingerprint density at radius 3 is 2.47 bits per heavy atom. The highest BCUT2D eigenvalue weighted by atomic mass is 16.7. The summed E-state index contributed by atoms with van der Waals surface area (Å²) in [5, 5.41) is 11.7. The van der Waals surface area contributed by atoms with Gasteiger partial charge in [0.15, 0.2) is 11.5 Å². The molecule has 1 atom stereocenters. The molecule has 0 aromatic heterocycles. The largest absolute Gasteiger partial charge is 0.454 e. The molecule has 5 heteroatoms. The zero-order valence-electron chi connectivity index (χ0n) is 16.4. The normalized spacial score (nSPS) is 19.9. The molecule has 0 aliphatic carbocycles. The van der Waals surface area contributed by atoms with Gasteiger partial charge in [-0.2, -0.15) is 0 Å². The first-order chi connectivity index (χ1) is 14.6. The predicted octanol–water partition coefficient (Wildman–Crippen LogP) is 4.12. The van der Waals surface area contributed by atoms with E-state index in [0.717, 1.165) is 11.1 Å². The van der Waals surface area contributed by atoms with Crippen molar-refractivity contribution < 1.29 is 24.1 Å². The van der Waals surface area contributed by atoms with Crippen molar-refractivity contribution >= 4 is 11.5 Å². The molecule has 150 valence electrons. The van der Waals surface area contributed by atoms with Gasteiger partial charge in [0.1, 0.15) is 0 Å². The van der Waals surface area contributed by atoms with Gasteiger partial charge < -0.3 is 19.3 Å². The van der Waals surface area contributed by atoms with Crippen molar-refractivity contribution in [2.24, 2.45) is 0 Å². The molecular formula is C25H20O5. The molecule has 2 heterocycles. The third kappa shape index (κ3) is 2.95. The number of esters is 1. The first kappa shape index (κ1) is 18.5. The van der Waals surface area contributed by atoms with E-state index < -0.39 is 11.8 Å². The van der Waals surface area contributed by atoms with Crippen LogP contribution in [-0.2, 0) is 21.7 Å². The molecule has 1 N–H and O–H groups in total. The van der Waals surface area contributed by atoms with Crippen molar-refractivity contribution in [2.75, 3.05) is 6.79 Å². The van der Waals surface area contributed by atoms with Crippen LogP contribution in [0, 0.1) is 6.92 Å². The Hall–Kier alpha value is -3.57. The Balaban J connectivity index is 1.71. The van der Waals surface area contributed by atoms with Gasteiger partial charge in [-0.25, -0.2) is 4.79 Å². The van der Waals surface area contributed by atoms with E-state index in [-0.39, 0.29) is 6.79 Å². The summed E-state index contributed by atoms with van der Waals surface area (Å²) < 4.78 is 16.5. The van der Waals surface area contributed by atoms with Crippen molar-refractivity contribution in [1.29, 1.82) is 0 Å². The summed E-state index contributed by atoms with van der Waals surface area (Å²) >= 11 is 0. The molecule has 3 aromatic carbocycles. The Bertz CT molecular complexity index is 1170. The average Bonchev–Trinajstić information content (AvgIpc) is 3.31. The van der Waals surface area contributed by atoms with Crippen molar-refractivity contribution in [3.05, 3.63) is 101 Å². The van der Waals surface area contributed by atoms with Gasteiger partial charge in [0, 0.05) is 17.6 Å². The molecule has 3 aromatic rings. The van der Waals surface area contributed by atoms with Crippen molar-refractivity contribution in [3.8, 4) is 11.5 Å². The van der Waals surface area contributed by atoms with Crippen LogP contribution in [-0.4, -0.2) is 17.9 Å². The van der Waals surface area contributed by atoms with Gasteiger partial charge in [-0.15, -0.1) is 0 Å². The number of benzene rings is 3. The Kier molecular flexibility index (Phi) is 4.33. The summed E-state index contributed by atoms with van der Waals surface area (Å²) in [6.07, 6.45) is 0.362. The van der Waals surface area contributed by atoms with Crippen molar-refractivity contribution in [2.45, 2.75) is 19.1 Å². The lowest BCUT2D eigenvalue weighted by Crippen LogP contribution is -2.30. The minimum atomic E-state index is -1.84. The SMILES string of the molecule is Cc1ccccc1C1(O)OC(=O)C(c2ccc3c(c2)OCO3)=C1Cc1ccccc1. The zero-order valence-corrected chi connectivity index (χ0v) is 16.4. The van der Waals surface area contributed by atoms with E-state index in [0.29, 0.717) is 40.2 Å². The summed E-state index contributed by atoms with van der Waals surface area (Å²) in [7, 11) is 0. The number of cyclic esters (lactones) is 1. The zero-order chi connectivity index (χ0) is 20.7. The monoisotopic (exact) mass is 400 g/mol. The van der Waals surface area contributed by atoms with Crippen LogP contribution in [0.4, 0.5) is 0 Å². The second-order valence-electron chi connectivity index (χ2n) is 7.43. The van der Waals surface area contributed by atoms with Crippen molar-refractivity contribution in [1.82, 2.24) is 0 Å². The topological polar surface area (TPSA) is 65.0 Å². The van der Waals surface area contributed by atoms with Crippen LogP contribution >= 0.6 is 0 Å². The highest BCUT2D eigenvalue weighted by Gasteiger charge is 2.48. The molecule has 30 heavy (non-hydrogen) atoms. The van der Waals surface area contributed by atoms with Gasteiger partial charge >= 0.3 is 5.97 Å². The first-order valence-corrected chi connectivity index (χ1v) is 9.75. The minimum absolute atomic E-state index is 0.145. The second-order valence-corrected chi connectivity index (χ2v) is 7.43. The van der Waals surface area contributed by atoms with E-state index in [2.05, 4.69) is 0 Å². The Morgan fingerprint density at radius 1 is 0.933 bits per heavy atom. The van der Waals surface area contributed by atoms with E-state index >= 15 is 0 Å². The summed E-state index contributed by atoms with van der Waals surface area (Å²) in [6, 6.07) is 22.4. The molecule has 2 aliphatic rings. The molecule has 1 unspecified atom stereocenters. The van der Waals surface area contributed by atoms with Crippen LogP contribution < -0.4 is 9.47 Å². The molecule has 0 saturated heterocycles. The third-order valence-corrected chi connectivity index (χ3v) is 5.55. The van der Waals surface area contributed by atoms with E-state index in [1.165, 1.54) is 0 Å². The van der Waals surface area contributed by atoms with Crippen LogP contribution in [0.25, 0.3) is 5.57 Å². The van der Waals surface area contributed by atoms with E-state index in [1.807, 2.05) is 55.5 Å². The molecule has 0 spiro atoms. The molecule has 0 radical (unpaired) electrons. The van der Waals surface area contributed by atoms with Crippen LogP contribution in [0.3, 0.4) is 0 Å². The number of ether oxygens (including phenoxy) is 3. The van der Waals surface area contributed by atoms with Crippen LogP contribution in [0.1, 0.15) is 22.3 Å². The van der Waals surface area contributed by atoms with Crippen LogP contribution in [0.2, 0.25) is 0 Å². The quantitative estimate of drug-likeness (QED) is 0.668. The van der Waals surface area contributed by atoms with Gasteiger partial charge in [0.25, 0.3) is 5.79 Å². The molecule has 0 saturated carbocycles. The lowest BCUT2D eigenvalue weighted by atomic mass is 9.86. The molecule has 5 nitrogen and oxygen atoms in total. The number of hydrogen-bond acceptors (Lipinski definition) is 5. The van der Waals surface area contributed by atoms with Crippen molar-refractivity contribution in [3.63, 3.8) is 0 Å². The second kappa shape index (κ2) is 7.04. The molecule has 0 fully saturated rings. The number of aryl methyl sites for hydroxylation is 1. The minimum Gasteiger partial charge on any atom is -0.454 e. The predicted molar refractivity (Wildman–Crippen MR) is 111 cm³/mol. The van der Waals surface area contributed by atoms with E-state index in [1.54, 1.807) is 24.3 Å². The maximum atomic E-state index is 13.1. The number of rotatable bonds is 4. The fraction of sp³-hybridized carbons (Fsp3) is 0.160. The highest BCUT2D eigenvalue weighted by Crippen LogP contribution is 2.46. The third-order valence-electron chi connectivity index (χ3n) is 5.55. The number of aliphatic hydroxyl groups is 1. The number of fused-ring (bicyclic) bond motifs is 1. The van der Waals surface area contributed by atoms with Crippen LogP contribution in [0.5, 0.6) is 11.5 Å². The lowest BCUT2D eigenvalue weighted by molar-refractivity contribution is -0.185. The average molecular weight is 400 g/mol. The Labute approximate surface area is 174 Å². The van der Waals surface area contributed by atoms with Gasteiger partial charge in [0.2, 0.25) is 6.79 Å². The van der Waals surface area contributed by atoms with Crippen LogP contribution in [0.15, 0.2) is 78.4 Å². The molecular weight excluding hydrogens is 380 g/mol. The summed E-state index contributed by atoms with van der Waals surface area (Å²) in [6.45, 7) is 2.03. The maximum absolute atomic E-state index is 13.1. The first-order valence-electron chi connectivity index (χ1n) is 9.75. The molecule has 0 bridgehead atoms. The van der Waals surface area contributed by atoms with E-state index in [4.69, 9.17) is 14.2 Å². The number of carbonyl (C=O) groups excluding carboxylic acids is 1. The van der Waals surface area contributed by atoms with Gasteiger partial charge in [-0.1, -0.05) is 60.7 Å². The summed E-state index contributed by atoms with van der Waals surface area (Å²) in [4.78, 5) is 13.1. The van der Waals surface area contributed by atoms with Gasteiger partial charge in [0.05, 0.1) is 5.57 Å². The van der Waals surface area contributed by atoms with E-state index in [9.17, 15) is 9.90 Å². The van der Waals surface area contributed by atoms with Gasteiger partial charge in [-0.3, -0.25) is 0 Å².